The molecule has 2 N–H and O–H groups in total. The maximum absolute atomic E-state index is 11.1. The van der Waals surface area contributed by atoms with Crippen LogP contribution in [0.4, 0.5) is 4.79 Å². The summed E-state index contributed by atoms with van der Waals surface area (Å²) in [5, 5.41) is 5.60. The van der Waals surface area contributed by atoms with Crippen molar-refractivity contribution in [3.63, 3.8) is 0 Å². The van der Waals surface area contributed by atoms with Gasteiger partial charge in [0.2, 0.25) is 0 Å². The number of carbonyl (C=O) groups excluding carboxylic acids is 1. The van der Waals surface area contributed by atoms with Crippen LogP contribution in [0.1, 0.15) is 11.6 Å². The molecule has 2 aromatic rings. The van der Waals surface area contributed by atoms with Crippen LogP contribution in [0, 0.1) is 0 Å². The van der Waals surface area contributed by atoms with Gasteiger partial charge in [-0.2, -0.15) is 0 Å². The molecule has 1 saturated heterocycles. The fourth-order valence-electron chi connectivity index (χ4n) is 2.03. The van der Waals surface area contributed by atoms with Crippen LogP contribution in [0.5, 0.6) is 0 Å². The molecule has 0 spiro atoms. The summed E-state index contributed by atoms with van der Waals surface area (Å²) in [6.45, 7) is 0.636. The van der Waals surface area contributed by atoms with Gasteiger partial charge in [-0.1, -0.05) is 6.07 Å². The van der Waals surface area contributed by atoms with E-state index in [9.17, 15) is 4.79 Å². The number of nitrogens with zero attached hydrogens (tertiary/aromatic N) is 2. The maximum atomic E-state index is 11.1. The second kappa shape index (κ2) is 3.23. The first-order valence-electron chi connectivity index (χ1n) is 5.19. The molecule has 16 heavy (non-hydrogen) atoms. The first-order valence-corrected chi connectivity index (χ1v) is 5.19. The number of amides is 2. The molecule has 1 unspecified atom stereocenters. The Morgan fingerprint density at radius 3 is 3.12 bits per heavy atom. The van der Waals surface area contributed by atoms with E-state index in [0.717, 1.165) is 16.6 Å². The van der Waals surface area contributed by atoms with Crippen molar-refractivity contribution in [1.29, 1.82) is 0 Å². The standard InChI is InChI=1S/C11H12N4O/c1-15-6-13-8-4-7(2-3-10(8)15)9-5-12-11(16)14-9/h2-4,6,9H,5H2,1H3,(H2,12,14,16). The van der Waals surface area contributed by atoms with E-state index in [4.69, 9.17) is 0 Å². The van der Waals surface area contributed by atoms with Gasteiger partial charge in [0.25, 0.3) is 0 Å². The number of nitrogens with one attached hydrogen (secondary N) is 2. The number of hydrogen-bond acceptors (Lipinski definition) is 2. The average molecular weight is 216 g/mol. The third-order valence-corrected chi connectivity index (χ3v) is 2.92. The number of imidazole rings is 1. The van der Waals surface area contributed by atoms with Gasteiger partial charge in [0.15, 0.2) is 0 Å². The van der Waals surface area contributed by atoms with E-state index < -0.39 is 0 Å². The number of aromatic nitrogens is 2. The van der Waals surface area contributed by atoms with E-state index in [-0.39, 0.29) is 12.1 Å². The lowest BCUT2D eigenvalue weighted by Crippen LogP contribution is -2.21. The van der Waals surface area contributed by atoms with Crippen molar-refractivity contribution in [2.45, 2.75) is 6.04 Å². The zero-order valence-corrected chi connectivity index (χ0v) is 8.90. The quantitative estimate of drug-likeness (QED) is 0.745. The minimum absolute atomic E-state index is 0.0545. The van der Waals surface area contributed by atoms with E-state index in [1.54, 1.807) is 6.33 Å². The molecule has 1 aliphatic heterocycles. The highest BCUT2D eigenvalue weighted by Crippen LogP contribution is 2.20. The van der Waals surface area contributed by atoms with E-state index >= 15 is 0 Å². The van der Waals surface area contributed by atoms with E-state index in [0.29, 0.717) is 6.54 Å². The first kappa shape index (κ1) is 9.21. The predicted octanol–water partition coefficient (Wildman–Crippen LogP) is 0.927. The van der Waals surface area contributed by atoms with Crippen LogP contribution >= 0.6 is 0 Å². The number of aryl methyl sites for hydroxylation is 1. The molecular formula is C11H12N4O. The lowest BCUT2D eigenvalue weighted by atomic mass is 10.1. The fourth-order valence-corrected chi connectivity index (χ4v) is 2.03. The van der Waals surface area contributed by atoms with Crippen molar-refractivity contribution in [1.82, 2.24) is 20.2 Å². The molecule has 82 valence electrons. The first-order chi connectivity index (χ1) is 7.74. The summed E-state index contributed by atoms with van der Waals surface area (Å²) < 4.78 is 1.98. The molecule has 5 heteroatoms. The molecular weight excluding hydrogens is 204 g/mol. The molecule has 0 radical (unpaired) electrons. The van der Waals surface area contributed by atoms with Crippen molar-refractivity contribution in [3.05, 3.63) is 30.1 Å². The molecule has 0 aliphatic carbocycles. The molecule has 0 saturated carbocycles. The van der Waals surface area contributed by atoms with Crippen LogP contribution < -0.4 is 10.6 Å². The Morgan fingerprint density at radius 2 is 2.38 bits per heavy atom. The zero-order chi connectivity index (χ0) is 11.1. The highest BCUT2D eigenvalue weighted by atomic mass is 16.2. The number of urea groups is 1. The highest BCUT2D eigenvalue weighted by molar-refractivity contribution is 5.79. The van der Waals surface area contributed by atoms with Gasteiger partial charge < -0.3 is 15.2 Å². The summed E-state index contributed by atoms with van der Waals surface area (Å²) in [5.74, 6) is 0. The molecule has 1 aromatic carbocycles. The Morgan fingerprint density at radius 1 is 1.50 bits per heavy atom. The molecule has 2 heterocycles. The van der Waals surface area contributed by atoms with Crippen LogP contribution in [0.25, 0.3) is 11.0 Å². The van der Waals surface area contributed by atoms with Crippen molar-refractivity contribution >= 4 is 17.1 Å². The van der Waals surface area contributed by atoms with Crippen molar-refractivity contribution < 1.29 is 4.79 Å². The van der Waals surface area contributed by atoms with E-state index in [1.165, 1.54) is 0 Å². The third-order valence-electron chi connectivity index (χ3n) is 2.92. The van der Waals surface area contributed by atoms with Crippen LogP contribution in [0.2, 0.25) is 0 Å². The van der Waals surface area contributed by atoms with Crippen molar-refractivity contribution in [2.75, 3.05) is 6.54 Å². The van der Waals surface area contributed by atoms with Gasteiger partial charge in [-0.3, -0.25) is 0 Å². The zero-order valence-electron chi connectivity index (χ0n) is 8.90. The fraction of sp³-hybridized carbons (Fsp3) is 0.273. The van der Waals surface area contributed by atoms with Gasteiger partial charge >= 0.3 is 6.03 Å². The molecule has 0 bridgehead atoms. The second-order valence-electron chi connectivity index (χ2n) is 4.01. The number of rotatable bonds is 1. The van der Waals surface area contributed by atoms with Crippen LogP contribution in [-0.4, -0.2) is 22.1 Å². The van der Waals surface area contributed by atoms with E-state index in [1.807, 2.05) is 29.8 Å². The van der Waals surface area contributed by atoms with E-state index in [2.05, 4.69) is 15.6 Å². The molecule has 5 nitrogen and oxygen atoms in total. The topological polar surface area (TPSA) is 59.0 Å². The van der Waals surface area contributed by atoms with Crippen LogP contribution in [0.3, 0.4) is 0 Å². The minimum Gasteiger partial charge on any atom is -0.336 e. The summed E-state index contributed by atoms with van der Waals surface area (Å²) in [6.07, 6.45) is 1.79. The van der Waals surface area contributed by atoms with Crippen LogP contribution in [0.15, 0.2) is 24.5 Å². The lowest BCUT2D eigenvalue weighted by molar-refractivity contribution is 0.247. The Bertz CT molecular complexity index is 560. The molecule has 2 amide bonds. The van der Waals surface area contributed by atoms with Gasteiger partial charge in [-0.05, 0) is 17.7 Å². The number of hydrogen-bond donors (Lipinski definition) is 2. The number of benzene rings is 1. The second-order valence-corrected chi connectivity index (χ2v) is 4.01. The summed E-state index contributed by atoms with van der Waals surface area (Å²) in [7, 11) is 1.97. The minimum atomic E-state index is -0.105. The SMILES string of the molecule is Cn1cnc2cc(C3CNC(=O)N3)ccc21. The number of fused-ring (bicyclic) bond motifs is 1. The molecule has 1 aliphatic rings. The molecule has 3 rings (SSSR count). The van der Waals surface area contributed by atoms with Gasteiger partial charge in [-0.25, -0.2) is 9.78 Å². The molecule has 1 atom stereocenters. The summed E-state index contributed by atoms with van der Waals surface area (Å²) in [4.78, 5) is 15.4. The smallest absolute Gasteiger partial charge is 0.315 e. The summed E-state index contributed by atoms with van der Waals surface area (Å²) in [6, 6.07) is 6.03. The predicted molar refractivity (Wildman–Crippen MR) is 60.0 cm³/mol. The Hall–Kier alpha value is -2.04. The third kappa shape index (κ3) is 1.32. The average Bonchev–Trinajstić information content (AvgIpc) is 2.86. The van der Waals surface area contributed by atoms with Crippen molar-refractivity contribution in [3.8, 4) is 0 Å². The monoisotopic (exact) mass is 216 g/mol. The van der Waals surface area contributed by atoms with Gasteiger partial charge in [0.1, 0.15) is 0 Å². The normalized spacial score (nSPS) is 19.8. The molecule has 1 aromatic heterocycles. The lowest BCUT2D eigenvalue weighted by Gasteiger charge is -2.08. The Balaban J connectivity index is 2.02. The molecule has 1 fully saturated rings. The van der Waals surface area contributed by atoms with Gasteiger partial charge in [-0.15, -0.1) is 0 Å². The van der Waals surface area contributed by atoms with Gasteiger partial charge in [0, 0.05) is 13.6 Å². The van der Waals surface area contributed by atoms with Gasteiger partial charge in [0.05, 0.1) is 23.4 Å². The highest BCUT2D eigenvalue weighted by Gasteiger charge is 2.21. The summed E-state index contributed by atoms with van der Waals surface area (Å²) >= 11 is 0. The Kier molecular flexibility index (Phi) is 1.86. The van der Waals surface area contributed by atoms with Crippen LogP contribution in [-0.2, 0) is 7.05 Å². The summed E-state index contributed by atoms with van der Waals surface area (Å²) in [5.41, 5.74) is 3.15. The maximum Gasteiger partial charge on any atom is 0.315 e. The van der Waals surface area contributed by atoms with Crippen molar-refractivity contribution in [2.24, 2.45) is 7.05 Å². The number of carbonyl (C=O) groups is 1. The Labute approximate surface area is 92.5 Å². The largest absolute Gasteiger partial charge is 0.336 e.